The van der Waals surface area contributed by atoms with E-state index in [9.17, 15) is 4.79 Å². The topological polar surface area (TPSA) is 21.5 Å². The van der Waals surface area contributed by atoms with Crippen LogP contribution in [0.4, 0.5) is 0 Å². The van der Waals surface area contributed by atoms with E-state index in [1.54, 1.807) is 0 Å². The summed E-state index contributed by atoms with van der Waals surface area (Å²) in [7, 11) is 0. The smallest absolute Gasteiger partial charge is 0.267 e. The summed E-state index contributed by atoms with van der Waals surface area (Å²) in [6.07, 6.45) is 12.0. The Labute approximate surface area is 98.0 Å². The first-order valence-electron chi connectivity index (χ1n) is 6.57. The molecule has 2 heteroatoms. The number of likely N-dealkylation sites (tertiary alicyclic amines) is 1. The van der Waals surface area contributed by atoms with Gasteiger partial charge in [-0.25, -0.2) is 4.79 Å². The highest BCUT2D eigenvalue weighted by molar-refractivity contribution is 5.89. The molecule has 2 nitrogen and oxygen atoms in total. The van der Waals surface area contributed by atoms with Crippen molar-refractivity contribution < 1.29 is 9.69 Å². The number of hydrogen-bond donors (Lipinski definition) is 1. The predicted octanol–water partition coefficient (Wildman–Crippen LogP) is 1.49. The van der Waals surface area contributed by atoms with Crippen molar-refractivity contribution in [1.82, 2.24) is 0 Å². The fourth-order valence-corrected chi connectivity index (χ4v) is 2.65. The number of carbonyl (C=O) groups is 1. The summed E-state index contributed by atoms with van der Waals surface area (Å²) < 4.78 is 0. The monoisotopic (exact) mass is 220 g/mol. The van der Waals surface area contributed by atoms with Crippen LogP contribution in [0.5, 0.6) is 0 Å². The van der Waals surface area contributed by atoms with Crippen molar-refractivity contribution >= 4 is 5.91 Å². The number of amides is 1. The summed E-state index contributed by atoms with van der Waals surface area (Å²) >= 11 is 0. The third kappa shape index (κ3) is 2.62. The fraction of sp³-hybridized carbons (Fsp3) is 0.643. The second-order valence-electron chi connectivity index (χ2n) is 4.92. The molecule has 1 aliphatic carbocycles. The second-order valence-corrected chi connectivity index (χ2v) is 4.92. The number of carbonyl (C=O) groups excluding carboxylic acids is 1. The molecule has 0 aromatic heterocycles. The van der Waals surface area contributed by atoms with E-state index in [4.69, 9.17) is 0 Å². The first-order valence-corrected chi connectivity index (χ1v) is 6.57. The lowest BCUT2D eigenvalue weighted by Crippen LogP contribution is -3.15. The molecule has 16 heavy (non-hydrogen) atoms. The Morgan fingerprint density at radius 3 is 2.69 bits per heavy atom. The van der Waals surface area contributed by atoms with Gasteiger partial charge in [0.1, 0.15) is 0 Å². The summed E-state index contributed by atoms with van der Waals surface area (Å²) in [4.78, 5) is 13.4. The van der Waals surface area contributed by atoms with Crippen LogP contribution in [0.15, 0.2) is 23.8 Å². The molecule has 1 heterocycles. The van der Waals surface area contributed by atoms with Crippen molar-refractivity contribution in [2.24, 2.45) is 5.92 Å². The van der Waals surface area contributed by atoms with E-state index in [1.165, 1.54) is 24.2 Å². The molecule has 88 valence electrons. The zero-order valence-corrected chi connectivity index (χ0v) is 10.2. The highest BCUT2D eigenvalue weighted by Gasteiger charge is 2.28. The average Bonchev–Trinajstić information content (AvgIpc) is 2.39. The maximum absolute atomic E-state index is 12.2. The molecule has 0 saturated carbocycles. The molecule has 1 N–H and O–H groups in total. The van der Waals surface area contributed by atoms with Gasteiger partial charge in [0.05, 0.1) is 18.7 Å². The molecule has 1 fully saturated rings. The molecule has 1 amide bonds. The van der Waals surface area contributed by atoms with Crippen molar-refractivity contribution in [3.05, 3.63) is 23.8 Å². The Morgan fingerprint density at radius 1 is 1.38 bits per heavy atom. The zero-order chi connectivity index (χ0) is 11.4. The van der Waals surface area contributed by atoms with Gasteiger partial charge in [0.25, 0.3) is 0 Å². The van der Waals surface area contributed by atoms with Crippen LogP contribution in [0.25, 0.3) is 0 Å². The Bertz CT molecular complexity index is 309. The maximum atomic E-state index is 12.2. The lowest BCUT2D eigenvalue weighted by Gasteiger charge is -2.27. The van der Waals surface area contributed by atoms with Crippen molar-refractivity contribution in [3.8, 4) is 0 Å². The average molecular weight is 220 g/mol. The summed E-state index contributed by atoms with van der Waals surface area (Å²) in [5, 5.41) is 0. The molecule has 0 bridgehead atoms. The summed E-state index contributed by atoms with van der Waals surface area (Å²) in [6, 6.07) is 0. The van der Waals surface area contributed by atoms with Gasteiger partial charge in [0.15, 0.2) is 0 Å². The van der Waals surface area contributed by atoms with E-state index >= 15 is 0 Å². The highest BCUT2D eigenvalue weighted by Crippen LogP contribution is 2.14. The van der Waals surface area contributed by atoms with Gasteiger partial charge in [0.2, 0.25) is 0 Å². The van der Waals surface area contributed by atoms with Crippen LogP contribution in [0.2, 0.25) is 0 Å². The van der Waals surface area contributed by atoms with E-state index in [0.717, 1.165) is 37.4 Å². The quantitative estimate of drug-likeness (QED) is 0.748. The Morgan fingerprint density at radius 2 is 2.12 bits per heavy atom. The normalized spacial score (nSPS) is 29.9. The van der Waals surface area contributed by atoms with Crippen LogP contribution in [0.1, 0.15) is 39.0 Å². The van der Waals surface area contributed by atoms with E-state index in [1.807, 2.05) is 6.08 Å². The molecule has 0 atom stereocenters. The summed E-state index contributed by atoms with van der Waals surface area (Å²) in [5.74, 6) is 1.18. The molecular weight excluding hydrogens is 198 g/mol. The van der Waals surface area contributed by atoms with E-state index in [-0.39, 0.29) is 0 Å². The van der Waals surface area contributed by atoms with E-state index in [2.05, 4.69) is 19.1 Å². The van der Waals surface area contributed by atoms with E-state index in [0.29, 0.717) is 5.91 Å². The lowest BCUT2D eigenvalue weighted by atomic mass is 9.94. The van der Waals surface area contributed by atoms with Crippen LogP contribution >= 0.6 is 0 Å². The number of hydrogen-bond acceptors (Lipinski definition) is 1. The molecular formula is C14H22NO+. The van der Waals surface area contributed by atoms with Crippen LogP contribution in [0, 0.1) is 5.92 Å². The van der Waals surface area contributed by atoms with Crippen LogP contribution < -0.4 is 4.90 Å². The molecule has 0 radical (unpaired) electrons. The van der Waals surface area contributed by atoms with Crippen molar-refractivity contribution in [3.63, 3.8) is 0 Å². The SMILES string of the molecule is CCC1CC[NH+](C(=O)C2=CCCC=C2)CC1. The van der Waals surface area contributed by atoms with Crippen LogP contribution in [-0.4, -0.2) is 19.0 Å². The minimum atomic E-state index is 0.325. The standard InChI is InChI=1S/C14H21NO/c1-2-12-8-10-15(11-9-12)14(16)13-6-4-3-5-7-13/h4,6-7,12H,2-3,5,8-11H2,1H3/p+1. The van der Waals surface area contributed by atoms with Gasteiger partial charge >= 0.3 is 5.91 Å². The number of rotatable bonds is 2. The minimum absolute atomic E-state index is 0.325. The fourth-order valence-electron chi connectivity index (χ4n) is 2.65. The van der Waals surface area contributed by atoms with Gasteiger partial charge in [-0.1, -0.05) is 25.5 Å². The third-order valence-corrected chi connectivity index (χ3v) is 3.86. The molecule has 2 rings (SSSR count). The van der Waals surface area contributed by atoms with Gasteiger partial charge in [0, 0.05) is 12.8 Å². The predicted molar refractivity (Wildman–Crippen MR) is 65.2 cm³/mol. The Kier molecular flexibility index (Phi) is 3.94. The highest BCUT2D eigenvalue weighted by atomic mass is 16.2. The molecule has 1 aliphatic heterocycles. The van der Waals surface area contributed by atoms with Crippen molar-refractivity contribution in [1.29, 1.82) is 0 Å². The molecule has 2 aliphatic rings. The van der Waals surface area contributed by atoms with Gasteiger partial charge in [-0.3, -0.25) is 4.90 Å². The van der Waals surface area contributed by atoms with Crippen LogP contribution in [0.3, 0.4) is 0 Å². The van der Waals surface area contributed by atoms with Gasteiger partial charge in [-0.15, -0.1) is 0 Å². The number of allylic oxidation sites excluding steroid dienone is 2. The Balaban J connectivity index is 1.91. The lowest BCUT2D eigenvalue weighted by molar-refractivity contribution is -0.825. The molecule has 1 saturated heterocycles. The largest absolute Gasteiger partial charge is 0.343 e. The second kappa shape index (κ2) is 5.44. The molecule has 0 unspecified atom stereocenters. The van der Waals surface area contributed by atoms with Crippen LogP contribution in [-0.2, 0) is 4.79 Å². The zero-order valence-electron chi connectivity index (χ0n) is 10.2. The first kappa shape index (κ1) is 11.6. The third-order valence-electron chi connectivity index (χ3n) is 3.86. The molecule has 0 aromatic rings. The van der Waals surface area contributed by atoms with Gasteiger partial charge in [-0.05, 0) is 24.8 Å². The molecule has 0 spiro atoms. The maximum Gasteiger partial charge on any atom is 0.343 e. The molecule has 0 aromatic carbocycles. The van der Waals surface area contributed by atoms with Crippen molar-refractivity contribution in [2.75, 3.05) is 13.1 Å². The number of piperidine rings is 1. The minimum Gasteiger partial charge on any atom is -0.267 e. The van der Waals surface area contributed by atoms with Gasteiger partial charge in [-0.2, -0.15) is 0 Å². The number of quaternary nitrogens is 1. The number of nitrogens with one attached hydrogen (secondary N) is 1. The summed E-state index contributed by atoms with van der Waals surface area (Å²) in [6.45, 7) is 4.31. The van der Waals surface area contributed by atoms with Gasteiger partial charge < -0.3 is 0 Å². The Hall–Kier alpha value is -0.890. The van der Waals surface area contributed by atoms with E-state index < -0.39 is 0 Å². The first-order chi connectivity index (χ1) is 7.81. The summed E-state index contributed by atoms with van der Waals surface area (Å²) in [5.41, 5.74) is 0.941. The van der Waals surface area contributed by atoms with Crippen molar-refractivity contribution in [2.45, 2.75) is 39.0 Å².